The second-order valence-electron chi connectivity index (χ2n) is 4.66. The van der Waals surface area contributed by atoms with E-state index in [0.717, 1.165) is 31.2 Å². The number of ether oxygens (including phenoxy) is 1. The Labute approximate surface area is 101 Å². The Hall–Kier alpha value is -0.930. The van der Waals surface area contributed by atoms with Gasteiger partial charge in [-0.1, -0.05) is 25.0 Å². The Morgan fingerprint density at radius 2 is 1.88 bits per heavy atom. The number of halogens is 1. The average molecular weight is 238 g/mol. The molecule has 1 fully saturated rings. The molecule has 1 saturated carbocycles. The smallest absolute Gasteiger partial charge is 0.123 e. The average Bonchev–Trinajstić information content (AvgIpc) is 2.79. The zero-order valence-electron chi connectivity index (χ0n) is 10.2. The van der Waals surface area contributed by atoms with Gasteiger partial charge in [0.2, 0.25) is 0 Å². The van der Waals surface area contributed by atoms with Crippen LogP contribution in [-0.4, -0.2) is 17.3 Å². The number of aliphatic hydroxyl groups excluding tert-OH is 1. The van der Waals surface area contributed by atoms with Gasteiger partial charge in [0.1, 0.15) is 11.9 Å². The summed E-state index contributed by atoms with van der Waals surface area (Å²) in [5.41, 5.74) is 0.272. The van der Waals surface area contributed by atoms with Crippen molar-refractivity contribution in [3.8, 4) is 0 Å². The monoisotopic (exact) mass is 238 g/mol. The molecule has 0 radical (unpaired) electrons. The van der Waals surface area contributed by atoms with Crippen molar-refractivity contribution in [1.29, 1.82) is 0 Å². The highest BCUT2D eigenvalue weighted by molar-refractivity contribution is 5.22. The first-order valence-electron chi connectivity index (χ1n) is 6.25. The molecule has 0 aliphatic heterocycles. The maximum atomic E-state index is 12.9. The summed E-state index contributed by atoms with van der Waals surface area (Å²) in [6.45, 7) is 2.54. The van der Waals surface area contributed by atoms with Crippen molar-refractivity contribution >= 4 is 0 Å². The van der Waals surface area contributed by atoms with E-state index >= 15 is 0 Å². The first-order chi connectivity index (χ1) is 8.18. The fourth-order valence-corrected chi connectivity index (χ4v) is 2.71. The normalized spacial score (nSPS) is 20.4. The van der Waals surface area contributed by atoms with E-state index in [2.05, 4.69) is 0 Å². The molecule has 1 aromatic carbocycles. The SMILES string of the molecule is CCOC1(C(O)c2ccc(F)cc2)CCCC1. The highest BCUT2D eigenvalue weighted by Gasteiger charge is 2.42. The minimum absolute atomic E-state index is 0.280. The lowest BCUT2D eigenvalue weighted by Crippen LogP contribution is -2.36. The van der Waals surface area contributed by atoms with Crippen LogP contribution in [-0.2, 0) is 4.74 Å². The van der Waals surface area contributed by atoms with Gasteiger partial charge in [-0.2, -0.15) is 0 Å². The maximum absolute atomic E-state index is 12.9. The van der Waals surface area contributed by atoms with Crippen molar-refractivity contribution in [3.05, 3.63) is 35.6 Å². The van der Waals surface area contributed by atoms with Crippen molar-refractivity contribution < 1.29 is 14.2 Å². The Morgan fingerprint density at radius 1 is 1.29 bits per heavy atom. The highest BCUT2D eigenvalue weighted by atomic mass is 19.1. The van der Waals surface area contributed by atoms with Crippen molar-refractivity contribution in [1.82, 2.24) is 0 Å². The molecule has 1 atom stereocenters. The van der Waals surface area contributed by atoms with Crippen LogP contribution in [0.2, 0.25) is 0 Å². The van der Waals surface area contributed by atoms with Crippen LogP contribution in [0.1, 0.15) is 44.3 Å². The van der Waals surface area contributed by atoms with Gasteiger partial charge in [-0.3, -0.25) is 0 Å². The van der Waals surface area contributed by atoms with Crippen LogP contribution in [0.15, 0.2) is 24.3 Å². The number of rotatable bonds is 4. The van der Waals surface area contributed by atoms with Gasteiger partial charge < -0.3 is 9.84 Å². The highest BCUT2D eigenvalue weighted by Crippen LogP contribution is 2.42. The van der Waals surface area contributed by atoms with Crippen molar-refractivity contribution in [3.63, 3.8) is 0 Å². The molecule has 17 heavy (non-hydrogen) atoms. The van der Waals surface area contributed by atoms with Crippen LogP contribution < -0.4 is 0 Å². The molecule has 1 aliphatic carbocycles. The van der Waals surface area contributed by atoms with E-state index in [0.29, 0.717) is 6.61 Å². The Kier molecular flexibility index (Phi) is 3.79. The van der Waals surface area contributed by atoms with Crippen LogP contribution >= 0.6 is 0 Å². The van der Waals surface area contributed by atoms with Gasteiger partial charge in [-0.25, -0.2) is 4.39 Å². The van der Waals surface area contributed by atoms with Crippen LogP contribution in [0.3, 0.4) is 0 Å². The van der Waals surface area contributed by atoms with Crippen molar-refractivity contribution in [2.24, 2.45) is 0 Å². The standard InChI is InChI=1S/C14H19FO2/c1-2-17-14(9-3-4-10-14)13(16)11-5-7-12(15)8-6-11/h5-8,13,16H,2-4,9-10H2,1H3. The maximum Gasteiger partial charge on any atom is 0.123 e. The Morgan fingerprint density at radius 3 is 2.41 bits per heavy atom. The Bertz CT molecular complexity index is 355. The Balaban J connectivity index is 2.21. The lowest BCUT2D eigenvalue weighted by molar-refractivity contribution is -0.118. The molecule has 0 spiro atoms. The van der Waals surface area contributed by atoms with Crippen LogP contribution in [0.25, 0.3) is 0 Å². The molecule has 1 aliphatic rings. The fourth-order valence-electron chi connectivity index (χ4n) is 2.71. The summed E-state index contributed by atoms with van der Waals surface area (Å²) in [7, 11) is 0. The third kappa shape index (κ3) is 2.50. The van der Waals surface area contributed by atoms with E-state index in [-0.39, 0.29) is 5.82 Å². The van der Waals surface area contributed by atoms with E-state index in [1.807, 2.05) is 6.92 Å². The predicted molar refractivity (Wildman–Crippen MR) is 64.2 cm³/mol. The number of aliphatic hydroxyl groups is 1. The molecule has 1 aromatic rings. The third-order valence-electron chi connectivity index (χ3n) is 3.57. The summed E-state index contributed by atoms with van der Waals surface area (Å²) in [5.74, 6) is -0.280. The quantitative estimate of drug-likeness (QED) is 0.872. The zero-order chi connectivity index (χ0) is 12.3. The summed E-state index contributed by atoms with van der Waals surface area (Å²) in [4.78, 5) is 0. The van der Waals surface area contributed by atoms with Gasteiger partial charge in [0, 0.05) is 6.61 Å². The molecule has 2 rings (SSSR count). The molecule has 0 heterocycles. The summed E-state index contributed by atoms with van der Waals surface area (Å²) in [6.07, 6.45) is 3.25. The molecule has 2 nitrogen and oxygen atoms in total. The molecule has 0 bridgehead atoms. The number of benzene rings is 1. The predicted octanol–water partition coefficient (Wildman–Crippen LogP) is 3.21. The lowest BCUT2D eigenvalue weighted by atomic mass is 9.89. The summed E-state index contributed by atoms with van der Waals surface area (Å²) in [5, 5.41) is 10.4. The van der Waals surface area contributed by atoms with Gasteiger partial charge in [0.15, 0.2) is 0 Å². The van der Waals surface area contributed by atoms with Gasteiger partial charge >= 0.3 is 0 Å². The second kappa shape index (κ2) is 5.15. The first-order valence-corrected chi connectivity index (χ1v) is 6.25. The summed E-state index contributed by atoms with van der Waals surface area (Å²) < 4.78 is 18.7. The van der Waals surface area contributed by atoms with Crippen molar-refractivity contribution in [2.45, 2.75) is 44.3 Å². The molecular formula is C14H19FO2. The molecule has 0 saturated heterocycles. The molecular weight excluding hydrogens is 219 g/mol. The van der Waals surface area contributed by atoms with E-state index in [9.17, 15) is 9.50 Å². The van der Waals surface area contributed by atoms with Crippen molar-refractivity contribution in [2.75, 3.05) is 6.61 Å². The molecule has 0 aromatic heterocycles. The minimum Gasteiger partial charge on any atom is -0.385 e. The van der Waals surface area contributed by atoms with E-state index in [4.69, 9.17) is 4.74 Å². The topological polar surface area (TPSA) is 29.5 Å². The molecule has 1 N–H and O–H groups in total. The van der Waals surface area contributed by atoms with Gasteiger partial charge in [-0.05, 0) is 37.5 Å². The zero-order valence-corrected chi connectivity index (χ0v) is 10.2. The molecule has 0 amide bonds. The summed E-state index contributed by atoms with van der Waals surface area (Å²) in [6, 6.07) is 6.04. The minimum atomic E-state index is -0.662. The first kappa shape index (κ1) is 12.5. The molecule has 1 unspecified atom stereocenters. The van der Waals surface area contributed by atoms with Gasteiger partial charge in [0.25, 0.3) is 0 Å². The molecule has 94 valence electrons. The fraction of sp³-hybridized carbons (Fsp3) is 0.571. The van der Waals surface area contributed by atoms with Crippen LogP contribution in [0, 0.1) is 5.82 Å². The van der Waals surface area contributed by atoms with Crippen LogP contribution in [0.4, 0.5) is 4.39 Å². The summed E-state index contributed by atoms with van der Waals surface area (Å²) >= 11 is 0. The van der Waals surface area contributed by atoms with E-state index < -0.39 is 11.7 Å². The second-order valence-corrected chi connectivity index (χ2v) is 4.66. The van der Waals surface area contributed by atoms with Gasteiger partial charge in [-0.15, -0.1) is 0 Å². The number of hydrogen-bond acceptors (Lipinski definition) is 2. The third-order valence-corrected chi connectivity index (χ3v) is 3.57. The van der Waals surface area contributed by atoms with E-state index in [1.54, 1.807) is 12.1 Å². The van der Waals surface area contributed by atoms with Gasteiger partial charge in [0.05, 0.1) is 5.60 Å². The number of hydrogen-bond donors (Lipinski definition) is 1. The van der Waals surface area contributed by atoms with Crippen LogP contribution in [0.5, 0.6) is 0 Å². The lowest BCUT2D eigenvalue weighted by Gasteiger charge is -2.34. The van der Waals surface area contributed by atoms with E-state index in [1.165, 1.54) is 12.1 Å². The molecule has 3 heteroatoms. The largest absolute Gasteiger partial charge is 0.385 e.